The molecule has 1 N–H and O–H groups in total. The smallest absolute Gasteiger partial charge is 0.326 e. The Morgan fingerprint density at radius 3 is 2.69 bits per heavy atom. The lowest BCUT2D eigenvalue weighted by atomic mass is 9.99. The molecule has 0 radical (unpaired) electrons. The maximum absolute atomic E-state index is 14.1. The van der Waals surface area contributed by atoms with Crippen LogP contribution < -0.4 is 9.47 Å². The standard InChI is InChI=1S/C28H23F2NO5/c29-23-15-22(26-21(25(23)30)6-3-13-35-26)18-8-10-20(11-9-18)36-16-17-4-1-5-19(14-17)27(32)31-12-2-7-24(31)28(33)34/h1,3-6,8-11,14-15,24H,2,7,12-13,16H2,(H,33,34)/t24-/m0/s1. The summed E-state index contributed by atoms with van der Waals surface area (Å²) in [5, 5.41) is 9.36. The van der Waals surface area contributed by atoms with Crippen LogP contribution in [-0.2, 0) is 11.4 Å². The molecule has 2 heterocycles. The first-order valence-corrected chi connectivity index (χ1v) is 11.6. The third-order valence-electron chi connectivity index (χ3n) is 6.36. The fourth-order valence-electron chi connectivity index (χ4n) is 4.57. The second kappa shape index (κ2) is 9.81. The van der Waals surface area contributed by atoms with Crippen molar-refractivity contribution in [3.8, 4) is 22.6 Å². The molecular formula is C28H23F2NO5. The zero-order chi connectivity index (χ0) is 25.2. The third kappa shape index (κ3) is 4.54. The molecule has 1 saturated heterocycles. The molecule has 5 rings (SSSR count). The first-order valence-electron chi connectivity index (χ1n) is 11.6. The van der Waals surface area contributed by atoms with Crippen molar-refractivity contribution in [1.29, 1.82) is 0 Å². The predicted molar refractivity (Wildman–Crippen MR) is 129 cm³/mol. The summed E-state index contributed by atoms with van der Waals surface area (Å²) in [6, 6.07) is 14.2. The van der Waals surface area contributed by atoms with Gasteiger partial charge in [-0.3, -0.25) is 4.79 Å². The van der Waals surface area contributed by atoms with Crippen molar-refractivity contribution in [3.05, 3.63) is 89.0 Å². The van der Waals surface area contributed by atoms with Gasteiger partial charge in [-0.1, -0.05) is 24.3 Å². The number of rotatable bonds is 6. The van der Waals surface area contributed by atoms with Crippen molar-refractivity contribution in [2.24, 2.45) is 0 Å². The fourth-order valence-corrected chi connectivity index (χ4v) is 4.57. The van der Waals surface area contributed by atoms with Crippen LogP contribution in [0.1, 0.15) is 34.3 Å². The molecular weight excluding hydrogens is 468 g/mol. The number of ether oxygens (including phenoxy) is 2. The van der Waals surface area contributed by atoms with Crippen LogP contribution in [0.2, 0.25) is 0 Å². The van der Waals surface area contributed by atoms with Gasteiger partial charge in [0, 0.05) is 17.7 Å². The van der Waals surface area contributed by atoms with Crippen LogP contribution in [-0.4, -0.2) is 41.1 Å². The topological polar surface area (TPSA) is 76.1 Å². The van der Waals surface area contributed by atoms with E-state index in [2.05, 4.69) is 0 Å². The minimum Gasteiger partial charge on any atom is -0.489 e. The van der Waals surface area contributed by atoms with E-state index in [1.165, 1.54) is 11.0 Å². The Morgan fingerprint density at radius 1 is 1.11 bits per heavy atom. The Hall–Kier alpha value is -4.20. The van der Waals surface area contributed by atoms with Crippen molar-refractivity contribution in [2.75, 3.05) is 13.2 Å². The van der Waals surface area contributed by atoms with Crippen LogP contribution in [0.5, 0.6) is 11.5 Å². The van der Waals surface area contributed by atoms with Crippen LogP contribution in [0.3, 0.4) is 0 Å². The molecule has 2 aliphatic rings. The summed E-state index contributed by atoms with van der Waals surface area (Å²) in [5.41, 5.74) is 2.36. The van der Waals surface area contributed by atoms with Gasteiger partial charge in [0.2, 0.25) is 0 Å². The van der Waals surface area contributed by atoms with Gasteiger partial charge < -0.3 is 19.5 Å². The number of carboxylic acid groups (broad SMARTS) is 1. The first-order chi connectivity index (χ1) is 17.4. The van der Waals surface area contributed by atoms with Gasteiger partial charge in [0.05, 0.1) is 5.56 Å². The van der Waals surface area contributed by atoms with Gasteiger partial charge in [-0.05, 0) is 66.5 Å². The van der Waals surface area contributed by atoms with E-state index in [-0.39, 0.29) is 24.7 Å². The average Bonchev–Trinajstić information content (AvgIpc) is 3.40. The Bertz CT molecular complexity index is 1350. The number of hydrogen-bond donors (Lipinski definition) is 1. The summed E-state index contributed by atoms with van der Waals surface area (Å²) in [7, 11) is 0. The van der Waals surface area contributed by atoms with Gasteiger partial charge in [0.15, 0.2) is 11.6 Å². The van der Waals surface area contributed by atoms with Gasteiger partial charge in [-0.2, -0.15) is 0 Å². The van der Waals surface area contributed by atoms with Crippen LogP contribution in [0.25, 0.3) is 17.2 Å². The van der Waals surface area contributed by atoms with Gasteiger partial charge in [-0.25, -0.2) is 13.6 Å². The maximum atomic E-state index is 14.1. The Labute approximate surface area is 206 Å². The van der Waals surface area contributed by atoms with Crippen molar-refractivity contribution in [1.82, 2.24) is 4.90 Å². The molecule has 3 aromatic rings. The molecule has 1 fully saturated rings. The minimum absolute atomic E-state index is 0.0922. The van der Waals surface area contributed by atoms with Crippen LogP contribution >= 0.6 is 0 Å². The van der Waals surface area contributed by atoms with Crippen molar-refractivity contribution in [3.63, 3.8) is 0 Å². The maximum Gasteiger partial charge on any atom is 0.326 e. The van der Waals surface area contributed by atoms with Crippen LogP contribution in [0.4, 0.5) is 8.78 Å². The average molecular weight is 491 g/mol. The summed E-state index contributed by atoms with van der Waals surface area (Å²) in [6.45, 7) is 0.894. The lowest BCUT2D eigenvalue weighted by molar-refractivity contribution is -0.141. The number of aliphatic carboxylic acids is 1. The molecule has 2 aliphatic heterocycles. The molecule has 1 amide bonds. The number of halogens is 2. The highest BCUT2D eigenvalue weighted by atomic mass is 19.2. The quantitative estimate of drug-likeness (QED) is 0.506. The molecule has 0 aromatic heterocycles. The molecule has 3 aromatic carbocycles. The fraction of sp³-hybridized carbons (Fsp3) is 0.214. The van der Waals surface area contributed by atoms with Crippen LogP contribution in [0.15, 0.2) is 60.7 Å². The van der Waals surface area contributed by atoms with E-state index in [4.69, 9.17) is 9.47 Å². The number of benzene rings is 3. The van der Waals surface area contributed by atoms with E-state index in [0.717, 1.165) is 11.6 Å². The molecule has 0 spiro atoms. The molecule has 184 valence electrons. The predicted octanol–water partition coefficient (Wildman–Crippen LogP) is 5.31. The number of carbonyl (C=O) groups excluding carboxylic acids is 1. The third-order valence-corrected chi connectivity index (χ3v) is 6.36. The zero-order valence-electron chi connectivity index (χ0n) is 19.2. The SMILES string of the molecule is O=C(O)[C@@H]1CCCN1C(=O)c1cccc(COc2ccc(-c3cc(F)c(F)c4c3OCC=C4)cc2)c1. The molecule has 1 atom stereocenters. The lowest BCUT2D eigenvalue weighted by Crippen LogP contribution is -2.40. The Morgan fingerprint density at radius 2 is 1.92 bits per heavy atom. The van der Waals surface area contributed by atoms with E-state index < -0.39 is 23.6 Å². The summed E-state index contributed by atoms with van der Waals surface area (Å²) in [5.74, 6) is -2.33. The van der Waals surface area contributed by atoms with E-state index in [0.29, 0.717) is 47.6 Å². The van der Waals surface area contributed by atoms with Crippen LogP contribution in [0, 0.1) is 11.6 Å². The van der Waals surface area contributed by atoms with E-state index >= 15 is 0 Å². The number of nitrogens with zero attached hydrogens (tertiary/aromatic N) is 1. The van der Waals surface area contributed by atoms with Gasteiger partial charge in [-0.15, -0.1) is 0 Å². The summed E-state index contributed by atoms with van der Waals surface area (Å²) in [6.07, 6.45) is 4.26. The number of amides is 1. The Kier molecular flexibility index (Phi) is 6.41. The van der Waals surface area contributed by atoms with Crippen molar-refractivity contribution in [2.45, 2.75) is 25.5 Å². The number of likely N-dealkylation sites (tertiary alicyclic amines) is 1. The first kappa shape index (κ1) is 23.5. The molecule has 6 nitrogen and oxygen atoms in total. The van der Waals surface area contributed by atoms with E-state index in [1.54, 1.807) is 48.5 Å². The normalized spacial score (nSPS) is 16.4. The van der Waals surface area contributed by atoms with Gasteiger partial charge in [0.25, 0.3) is 5.91 Å². The molecule has 0 aliphatic carbocycles. The molecule has 8 heteroatoms. The highest BCUT2D eigenvalue weighted by molar-refractivity contribution is 5.97. The number of fused-ring (bicyclic) bond motifs is 1. The van der Waals surface area contributed by atoms with Gasteiger partial charge >= 0.3 is 5.97 Å². The summed E-state index contributed by atoms with van der Waals surface area (Å²) in [4.78, 5) is 25.7. The largest absolute Gasteiger partial charge is 0.489 e. The summed E-state index contributed by atoms with van der Waals surface area (Å²) < 4.78 is 39.7. The molecule has 0 unspecified atom stereocenters. The number of carbonyl (C=O) groups is 2. The number of carboxylic acids is 1. The second-order valence-corrected chi connectivity index (χ2v) is 8.68. The highest BCUT2D eigenvalue weighted by Crippen LogP contribution is 2.39. The van der Waals surface area contributed by atoms with Crippen molar-refractivity contribution < 1.29 is 33.0 Å². The van der Waals surface area contributed by atoms with E-state index in [9.17, 15) is 23.5 Å². The van der Waals surface area contributed by atoms with E-state index in [1.807, 2.05) is 6.07 Å². The molecule has 36 heavy (non-hydrogen) atoms. The summed E-state index contributed by atoms with van der Waals surface area (Å²) >= 11 is 0. The zero-order valence-corrected chi connectivity index (χ0v) is 19.2. The molecule has 0 bridgehead atoms. The highest BCUT2D eigenvalue weighted by Gasteiger charge is 2.34. The Balaban J connectivity index is 1.29. The van der Waals surface area contributed by atoms with Crippen molar-refractivity contribution >= 4 is 18.0 Å². The van der Waals surface area contributed by atoms with Gasteiger partial charge in [0.1, 0.15) is 30.8 Å². The second-order valence-electron chi connectivity index (χ2n) is 8.68. The minimum atomic E-state index is -0.990. The lowest BCUT2D eigenvalue weighted by Gasteiger charge is -2.21. The monoisotopic (exact) mass is 491 g/mol. The number of hydrogen-bond acceptors (Lipinski definition) is 4. The molecule has 0 saturated carbocycles.